The molecule has 0 bridgehead atoms. The molecule has 0 aromatic heterocycles. The van der Waals surface area contributed by atoms with E-state index in [-0.39, 0.29) is 11.8 Å². The molecule has 166 valence electrons. The number of fused-ring (bicyclic) bond motifs is 1. The van der Waals surface area contributed by atoms with E-state index in [1.54, 1.807) is 0 Å². The van der Waals surface area contributed by atoms with Gasteiger partial charge in [-0.05, 0) is 72.2 Å². The summed E-state index contributed by atoms with van der Waals surface area (Å²) < 4.78 is 0. The average molecular weight is 427 g/mol. The quantitative estimate of drug-likeness (QED) is 0.428. The van der Waals surface area contributed by atoms with Crippen molar-refractivity contribution in [2.75, 3.05) is 23.9 Å². The van der Waals surface area contributed by atoms with Gasteiger partial charge in [-0.1, -0.05) is 61.9 Å². The number of hydrogen-bond acceptors (Lipinski definition) is 2. The molecule has 3 heteroatoms. The van der Waals surface area contributed by atoms with Crippen molar-refractivity contribution in [1.29, 1.82) is 0 Å². The van der Waals surface area contributed by atoms with E-state index < -0.39 is 0 Å². The van der Waals surface area contributed by atoms with E-state index in [4.69, 9.17) is 0 Å². The summed E-state index contributed by atoms with van der Waals surface area (Å²) in [5, 5.41) is 0. The van der Waals surface area contributed by atoms with Gasteiger partial charge in [-0.3, -0.25) is 4.79 Å². The maximum atomic E-state index is 14.1. The lowest BCUT2D eigenvalue weighted by Gasteiger charge is -2.28. The standard InChI is InChI=1S/C29H34N2O/c1-4-22-13-19-26(20-14-22)31(21-23-15-17-25(18-16-23)30(2)3)29(32)28-12-8-6-10-24-9-5-7-11-27(24)28/h5,7,9,11,13-20,28H,4,6,8,10,12,21H2,1-3H3. The summed E-state index contributed by atoms with van der Waals surface area (Å²) >= 11 is 0. The van der Waals surface area contributed by atoms with E-state index in [1.165, 1.54) is 16.7 Å². The molecule has 0 saturated heterocycles. The molecule has 3 nitrogen and oxygen atoms in total. The SMILES string of the molecule is CCc1ccc(N(Cc2ccc(N(C)C)cc2)C(=O)C2CCCCc3ccccc32)cc1. The zero-order valence-corrected chi connectivity index (χ0v) is 19.6. The number of rotatable bonds is 6. The molecule has 0 N–H and O–H groups in total. The molecule has 32 heavy (non-hydrogen) atoms. The smallest absolute Gasteiger partial charge is 0.234 e. The fraction of sp³-hybridized carbons (Fsp3) is 0.345. The van der Waals surface area contributed by atoms with Crippen LogP contribution in [-0.2, 0) is 24.2 Å². The van der Waals surface area contributed by atoms with E-state index in [0.29, 0.717) is 6.54 Å². The Hall–Kier alpha value is -3.07. The summed E-state index contributed by atoms with van der Waals surface area (Å²) in [7, 11) is 4.09. The molecule has 1 atom stereocenters. The fourth-order valence-electron chi connectivity index (χ4n) is 4.66. The summed E-state index contributed by atoms with van der Waals surface area (Å²) in [6.45, 7) is 2.74. The lowest BCUT2D eigenvalue weighted by atomic mass is 9.91. The molecule has 4 rings (SSSR count). The lowest BCUT2D eigenvalue weighted by Crippen LogP contribution is -2.35. The molecule has 1 aliphatic carbocycles. The van der Waals surface area contributed by atoms with E-state index in [1.807, 2.05) is 19.0 Å². The van der Waals surface area contributed by atoms with Crippen molar-refractivity contribution in [2.24, 2.45) is 0 Å². The van der Waals surface area contributed by atoms with Gasteiger partial charge in [0.05, 0.1) is 12.5 Å². The van der Waals surface area contributed by atoms with Crippen LogP contribution in [0.5, 0.6) is 0 Å². The van der Waals surface area contributed by atoms with Crippen molar-refractivity contribution in [2.45, 2.75) is 51.5 Å². The molecular formula is C29H34N2O. The third-order valence-corrected chi connectivity index (χ3v) is 6.63. The van der Waals surface area contributed by atoms with Crippen LogP contribution < -0.4 is 9.80 Å². The highest BCUT2D eigenvalue weighted by Gasteiger charge is 2.29. The average Bonchev–Trinajstić information content (AvgIpc) is 3.05. The Morgan fingerprint density at radius 2 is 1.50 bits per heavy atom. The minimum atomic E-state index is -0.0828. The first-order valence-corrected chi connectivity index (χ1v) is 11.8. The molecule has 1 unspecified atom stereocenters. The van der Waals surface area contributed by atoms with Gasteiger partial charge in [-0.15, -0.1) is 0 Å². The van der Waals surface area contributed by atoms with Gasteiger partial charge in [-0.2, -0.15) is 0 Å². The third-order valence-electron chi connectivity index (χ3n) is 6.63. The predicted molar refractivity (Wildman–Crippen MR) is 135 cm³/mol. The van der Waals surface area contributed by atoms with Crippen molar-refractivity contribution in [3.05, 3.63) is 95.1 Å². The van der Waals surface area contributed by atoms with Gasteiger partial charge < -0.3 is 9.80 Å². The van der Waals surface area contributed by atoms with Gasteiger partial charge in [0.2, 0.25) is 5.91 Å². The van der Waals surface area contributed by atoms with Crippen LogP contribution in [0.3, 0.4) is 0 Å². The Labute approximate surface area is 192 Å². The Morgan fingerprint density at radius 3 is 2.19 bits per heavy atom. The number of nitrogens with zero attached hydrogens (tertiary/aromatic N) is 2. The Bertz CT molecular complexity index is 1040. The van der Waals surface area contributed by atoms with E-state index >= 15 is 0 Å². The van der Waals surface area contributed by atoms with Gasteiger partial charge in [0.1, 0.15) is 0 Å². The first-order chi connectivity index (χ1) is 15.6. The fourth-order valence-corrected chi connectivity index (χ4v) is 4.66. The molecule has 3 aromatic rings. The van der Waals surface area contributed by atoms with Gasteiger partial charge in [0.25, 0.3) is 0 Å². The van der Waals surface area contributed by atoms with Crippen molar-refractivity contribution >= 4 is 17.3 Å². The molecule has 0 aliphatic heterocycles. The number of amides is 1. The molecule has 0 saturated carbocycles. The van der Waals surface area contributed by atoms with Crippen LogP contribution in [0.2, 0.25) is 0 Å². The maximum Gasteiger partial charge on any atom is 0.234 e. The summed E-state index contributed by atoms with van der Waals surface area (Å²) in [6.07, 6.45) is 5.22. The zero-order chi connectivity index (χ0) is 22.5. The second-order valence-electron chi connectivity index (χ2n) is 9.00. The van der Waals surface area contributed by atoms with Gasteiger partial charge in [0, 0.05) is 25.5 Å². The number of hydrogen-bond donors (Lipinski definition) is 0. The monoisotopic (exact) mass is 426 g/mol. The number of aryl methyl sites for hydroxylation is 2. The molecule has 0 heterocycles. The van der Waals surface area contributed by atoms with Crippen molar-refractivity contribution in [3.63, 3.8) is 0 Å². The van der Waals surface area contributed by atoms with Crippen molar-refractivity contribution in [3.8, 4) is 0 Å². The third kappa shape index (κ3) is 4.88. The molecule has 3 aromatic carbocycles. The number of anilines is 2. The van der Waals surface area contributed by atoms with Crippen LogP contribution in [0.4, 0.5) is 11.4 Å². The molecular weight excluding hydrogens is 392 g/mol. The maximum absolute atomic E-state index is 14.1. The summed E-state index contributed by atoms with van der Waals surface area (Å²) in [5.74, 6) is 0.126. The van der Waals surface area contributed by atoms with Crippen LogP contribution in [0.25, 0.3) is 0 Å². The highest BCUT2D eigenvalue weighted by atomic mass is 16.2. The molecule has 1 aliphatic rings. The number of carbonyl (C=O) groups is 1. The second-order valence-corrected chi connectivity index (χ2v) is 9.00. The van der Waals surface area contributed by atoms with E-state index in [0.717, 1.165) is 49.0 Å². The second kappa shape index (κ2) is 10.0. The van der Waals surface area contributed by atoms with Gasteiger partial charge in [-0.25, -0.2) is 0 Å². The molecule has 1 amide bonds. The largest absolute Gasteiger partial charge is 0.378 e. The molecule has 0 radical (unpaired) electrons. The first-order valence-electron chi connectivity index (χ1n) is 11.8. The molecule has 0 spiro atoms. The van der Waals surface area contributed by atoms with Gasteiger partial charge >= 0.3 is 0 Å². The highest BCUT2D eigenvalue weighted by Crippen LogP contribution is 2.34. The number of carbonyl (C=O) groups excluding carboxylic acids is 1. The predicted octanol–water partition coefficient (Wildman–Crippen LogP) is 6.36. The Balaban J connectivity index is 1.69. The summed E-state index contributed by atoms with van der Waals surface area (Å²) in [6, 6.07) is 25.5. The topological polar surface area (TPSA) is 23.6 Å². The summed E-state index contributed by atoms with van der Waals surface area (Å²) in [4.78, 5) is 18.2. The van der Waals surface area contributed by atoms with Crippen LogP contribution >= 0.6 is 0 Å². The summed E-state index contributed by atoms with van der Waals surface area (Å²) in [5.41, 5.74) is 7.12. The van der Waals surface area contributed by atoms with Crippen LogP contribution in [-0.4, -0.2) is 20.0 Å². The van der Waals surface area contributed by atoms with Crippen molar-refractivity contribution in [1.82, 2.24) is 0 Å². The van der Waals surface area contributed by atoms with Crippen molar-refractivity contribution < 1.29 is 4.79 Å². The van der Waals surface area contributed by atoms with Crippen LogP contribution in [0.15, 0.2) is 72.8 Å². The van der Waals surface area contributed by atoms with E-state index in [9.17, 15) is 4.79 Å². The lowest BCUT2D eigenvalue weighted by molar-refractivity contribution is -0.120. The van der Waals surface area contributed by atoms with Crippen LogP contribution in [0.1, 0.15) is 54.4 Å². The van der Waals surface area contributed by atoms with Crippen LogP contribution in [0, 0.1) is 0 Å². The Kier molecular flexibility index (Phi) is 6.94. The first kappa shape index (κ1) is 22.1. The number of benzene rings is 3. The van der Waals surface area contributed by atoms with E-state index in [2.05, 4.69) is 84.6 Å². The molecule has 0 fully saturated rings. The highest BCUT2D eigenvalue weighted by molar-refractivity contribution is 5.98. The minimum absolute atomic E-state index is 0.0828. The Morgan fingerprint density at radius 1 is 0.844 bits per heavy atom. The normalized spacial score (nSPS) is 15.5. The minimum Gasteiger partial charge on any atom is -0.378 e. The zero-order valence-electron chi connectivity index (χ0n) is 19.6. The van der Waals surface area contributed by atoms with Gasteiger partial charge in [0.15, 0.2) is 0 Å².